The van der Waals surface area contributed by atoms with Gasteiger partial charge in [0.15, 0.2) is 5.78 Å². The number of carbonyl (C=O) groups excluding carboxylic acids is 4. The zero-order chi connectivity index (χ0) is 20.4. The van der Waals surface area contributed by atoms with E-state index in [0.29, 0.717) is 0 Å². The van der Waals surface area contributed by atoms with Gasteiger partial charge in [-0.2, -0.15) is 0 Å². The number of rotatable bonds is 4. The van der Waals surface area contributed by atoms with Gasteiger partial charge in [-0.3, -0.25) is 14.9 Å². The molecule has 0 radical (unpaired) electrons. The smallest absolute Gasteiger partial charge is 0.346 e. The topological polar surface area (TPSA) is 113 Å². The van der Waals surface area contributed by atoms with Gasteiger partial charge in [-0.1, -0.05) is 34.8 Å². The molecule has 0 heterocycles. The summed E-state index contributed by atoms with van der Waals surface area (Å²) in [5.74, 6) is -3.39. The molecule has 0 spiro atoms. The molecule has 0 aliphatic rings. The van der Waals surface area contributed by atoms with Crippen LogP contribution in [0.5, 0.6) is 0 Å². The lowest BCUT2D eigenvalue weighted by Crippen LogP contribution is -2.57. The first-order valence-corrected chi connectivity index (χ1v) is 8.19. The number of nitrogens with one attached hydrogen (secondary N) is 1. The summed E-state index contributed by atoms with van der Waals surface area (Å²) in [6, 6.07) is -2.34. The molecule has 0 aromatic rings. The van der Waals surface area contributed by atoms with Gasteiger partial charge in [0.2, 0.25) is 5.60 Å². The molecule has 1 unspecified atom stereocenters. The molecule has 0 saturated carbocycles. The van der Waals surface area contributed by atoms with E-state index in [1.54, 1.807) is 26.1 Å². The van der Waals surface area contributed by atoms with Crippen LogP contribution in [0.15, 0.2) is 0 Å². The summed E-state index contributed by atoms with van der Waals surface area (Å²) in [6.07, 6.45) is 0. The summed E-state index contributed by atoms with van der Waals surface area (Å²) < 4.78 is 2.62. The molecule has 0 fully saturated rings. The standard InChI is InChI=1S/C14H21Cl3N2O6/c1-7(19(6)11(23)18-9(21)14(15,16)17)8(20)13(5,24)10(22)25-12(2,3)4/h7,24H,1-6H3,(H,18,21,23)/t7-,13?/m0/s1. The van der Waals surface area contributed by atoms with Crippen LogP contribution in [0.3, 0.4) is 0 Å². The first kappa shape index (κ1) is 23.9. The van der Waals surface area contributed by atoms with Gasteiger partial charge in [-0.05, 0) is 34.6 Å². The fourth-order valence-electron chi connectivity index (χ4n) is 1.49. The highest BCUT2D eigenvalue weighted by Crippen LogP contribution is 2.26. The molecule has 2 atom stereocenters. The molecule has 0 saturated heterocycles. The summed E-state index contributed by atoms with van der Waals surface area (Å²) in [4.78, 5) is 48.6. The van der Waals surface area contributed by atoms with Crippen LogP contribution in [0.1, 0.15) is 34.6 Å². The number of aliphatic hydroxyl groups is 1. The Hall–Kier alpha value is -1.09. The number of alkyl halides is 3. The quantitative estimate of drug-likeness (QED) is 0.406. The van der Waals surface area contributed by atoms with E-state index >= 15 is 0 Å². The molecule has 8 nitrogen and oxygen atoms in total. The fraction of sp³-hybridized carbons (Fsp3) is 0.714. The zero-order valence-corrected chi connectivity index (χ0v) is 16.9. The first-order valence-electron chi connectivity index (χ1n) is 7.06. The lowest BCUT2D eigenvalue weighted by molar-refractivity contribution is -0.179. The maximum Gasteiger partial charge on any atom is 0.346 e. The highest BCUT2D eigenvalue weighted by Gasteiger charge is 2.46. The lowest BCUT2D eigenvalue weighted by atomic mass is 9.95. The maximum absolute atomic E-state index is 12.4. The number of ketones is 1. The molecular formula is C14H21Cl3N2O6. The highest BCUT2D eigenvalue weighted by molar-refractivity contribution is 6.76. The van der Waals surface area contributed by atoms with Crippen LogP contribution in [0, 0.1) is 0 Å². The van der Waals surface area contributed by atoms with E-state index in [-0.39, 0.29) is 0 Å². The monoisotopic (exact) mass is 418 g/mol. The number of hydrogen-bond donors (Lipinski definition) is 2. The van der Waals surface area contributed by atoms with E-state index in [4.69, 9.17) is 39.5 Å². The number of imide groups is 1. The average Bonchev–Trinajstić information content (AvgIpc) is 2.41. The van der Waals surface area contributed by atoms with Crippen molar-refractivity contribution in [3.05, 3.63) is 0 Å². The SMILES string of the molecule is C[C@@H](C(=O)C(C)(O)C(=O)OC(C)(C)C)N(C)C(=O)NC(=O)C(Cl)(Cl)Cl. The van der Waals surface area contributed by atoms with Gasteiger partial charge < -0.3 is 14.7 Å². The average molecular weight is 420 g/mol. The van der Waals surface area contributed by atoms with E-state index in [2.05, 4.69) is 0 Å². The number of amides is 3. The predicted octanol–water partition coefficient (Wildman–Crippen LogP) is 1.57. The maximum atomic E-state index is 12.4. The van der Waals surface area contributed by atoms with Gasteiger partial charge in [0, 0.05) is 7.05 Å². The van der Waals surface area contributed by atoms with Crippen LogP contribution in [0.4, 0.5) is 4.79 Å². The highest BCUT2D eigenvalue weighted by atomic mass is 35.6. The number of Topliss-reactive ketones (excluding diaryl/α,β-unsaturated/α-hetero) is 1. The van der Waals surface area contributed by atoms with Gasteiger partial charge in [-0.25, -0.2) is 9.59 Å². The molecule has 0 aliphatic carbocycles. The Bertz CT molecular complexity index is 566. The van der Waals surface area contributed by atoms with Crippen molar-refractivity contribution >= 4 is 58.5 Å². The second-order valence-electron chi connectivity index (χ2n) is 6.48. The third kappa shape index (κ3) is 6.97. The number of halogens is 3. The Morgan fingerprint density at radius 3 is 1.88 bits per heavy atom. The van der Waals surface area contributed by atoms with E-state index in [0.717, 1.165) is 18.9 Å². The van der Waals surface area contributed by atoms with Crippen LogP contribution >= 0.6 is 34.8 Å². The first-order chi connectivity index (χ1) is 10.9. The van der Waals surface area contributed by atoms with Crippen LogP contribution in [0.25, 0.3) is 0 Å². The van der Waals surface area contributed by atoms with Crippen molar-refractivity contribution in [1.82, 2.24) is 10.2 Å². The van der Waals surface area contributed by atoms with Gasteiger partial charge in [0.05, 0.1) is 6.04 Å². The van der Waals surface area contributed by atoms with Crippen LogP contribution in [-0.4, -0.2) is 61.8 Å². The molecule has 0 rings (SSSR count). The van der Waals surface area contributed by atoms with E-state index in [1.807, 2.05) is 0 Å². The zero-order valence-electron chi connectivity index (χ0n) is 14.6. The number of ether oxygens (including phenoxy) is 1. The molecule has 144 valence electrons. The van der Waals surface area contributed by atoms with Crippen molar-refractivity contribution in [1.29, 1.82) is 0 Å². The van der Waals surface area contributed by atoms with Crippen LogP contribution in [-0.2, 0) is 19.1 Å². The van der Waals surface area contributed by atoms with Crippen molar-refractivity contribution in [3.63, 3.8) is 0 Å². The molecular weight excluding hydrogens is 399 g/mol. The third-order valence-corrected chi connectivity index (χ3v) is 3.55. The number of carbonyl (C=O) groups is 4. The second-order valence-corrected chi connectivity index (χ2v) is 8.76. The Balaban J connectivity index is 5.16. The lowest BCUT2D eigenvalue weighted by Gasteiger charge is -2.31. The Morgan fingerprint density at radius 2 is 1.52 bits per heavy atom. The molecule has 0 aliphatic heterocycles. The minimum atomic E-state index is -2.50. The Kier molecular flexibility index (Phi) is 7.72. The second kappa shape index (κ2) is 8.07. The van der Waals surface area contributed by atoms with E-state index in [1.165, 1.54) is 6.92 Å². The van der Waals surface area contributed by atoms with E-state index < -0.39 is 44.7 Å². The summed E-state index contributed by atoms with van der Waals surface area (Å²) in [7, 11) is 1.16. The van der Waals surface area contributed by atoms with E-state index in [9.17, 15) is 24.3 Å². The summed E-state index contributed by atoms with van der Waals surface area (Å²) in [5.41, 5.74) is -3.43. The van der Waals surface area contributed by atoms with Crippen molar-refractivity contribution in [2.24, 2.45) is 0 Å². The van der Waals surface area contributed by atoms with Crippen molar-refractivity contribution in [2.45, 2.75) is 55.7 Å². The number of nitrogens with zero attached hydrogens (tertiary/aromatic N) is 1. The summed E-state index contributed by atoms with van der Waals surface area (Å²) in [5, 5.41) is 12.0. The Labute approximate surface area is 160 Å². The molecule has 0 aromatic carbocycles. The number of urea groups is 1. The molecule has 3 amide bonds. The molecule has 11 heteroatoms. The van der Waals surface area contributed by atoms with Gasteiger partial charge in [0.25, 0.3) is 9.70 Å². The minimum absolute atomic E-state index is 0.773. The molecule has 2 N–H and O–H groups in total. The Morgan fingerprint density at radius 1 is 1.08 bits per heavy atom. The van der Waals surface area contributed by atoms with Crippen molar-refractivity contribution < 1.29 is 29.0 Å². The molecule has 0 bridgehead atoms. The predicted molar refractivity (Wildman–Crippen MR) is 92.5 cm³/mol. The third-order valence-electron chi connectivity index (χ3n) is 3.03. The van der Waals surface area contributed by atoms with Gasteiger partial charge in [-0.15, -0.1) is 0 Å². The molecule has 25 heavy (non-hydrogen) atoms. The van der Waals surface area contributed by atoms with Crippen LogP contribution < -0.4 is 5.32 Å². The van der Waals surface area contributed by atoms with Crippen molar-refractivity contribution in [3.8, 4) is 0 Å². The number of hydrogen-bond acceptors (Lipinski definition) is 6. The largest absolute Gasteiger partial charge is 0.457 e. The van der Waals surface area contributed by atoms with Crippen molar-refractivity contribution in [2.75, 3.05) is 7.05 Å². The van der Waals surface area contributed by atoms with Gasteiger partial charge in [0.1, 0.15) is 5.60 Å². The number of esters is 1. The molecule has 0 aromatic heterocycles. The summed E-state index contributed by atoms with van der Waals surface area (Å²) in [6.45, 7) is 6.91. The minimum Gasteiger partial charge on any atom is -0.457 e. The summed E-state index contributed by atoms with van der Waals surface area (Å²) >= 11 is 16.0. The fourth-order valence-corrected chi connectivity index (χ4v) is 1.63. The van der Waals surface area contributed by atoms with Crippen LogP contribution in [0.2, 0.25) is 0 Å². The van der Waals surface area contributed by atoms with Gasteiger partial charge >= 0.3 is 12.0 Å². The number of likely N-dealkylation sites (N-methyl/N-ethyl adjacent to an activating group) is 1. The normalized spacial score (nSPS) is 15.6.